The molecule has 0 spiro atoms. The number of nitrogens with one attached hydrogen (secondary N) is 2. The summed E-state index contributed by atoms with van der Waals surface area (Å²) < 4.78 is 82.2. The number of carbonyl (C=O) groups excluding carboxylic acids is 3. The molecule has 0 aliphatic carbocycles. The van der Waals surface area contributed by atoms with Crippen molar-refractivity contribution in [2.75, 3.05) is 5.32 Å². The first-order chi connectivity index (χ1) is 17.3. The molecule has 192 valence electrons. The van der Waals surface area contributed by atoms with Gasteiger partial charge in [0.05, 0.1) is 29.2 Å². The van der Waals surface area contributed by atoms with Crippen LogP contribution in [0.2, 0.25) is 0 Å². The van der Waals surface area contributed by atoms with Crippen molar-refractivity contribution in [1.82, 2.24) is 29.7 Å². The van der Waals surface area contributed by atoms with Crippen molar-refractivity contribution in [1.29, 1.82) is 0 Å². The Kier molecular flexibility index (Phi) is 6.06. The summed E-state index contributed by atoms with van der Waals surface area (Å²) in [6, 6.07) is 3.61. The number of hydrogen-bond acceptors (Lipinski definition) is 6. The van der Waals surface area contributed by atoms with Crippen LogP contribution >= 0.6 is 0 Å². The van der Waals surface area contributed by atoms with Crippen molar-refractivity contribution in [2.45, 2.75) is 12.4 Å². The van der Waals surface area contributed by atoms with Gasteiger partial charge in [-0.2, -0.15) is 36.5 Å². The number of primary amides is 1. The molecule has 4 aromatic rings. The van der Waals surface area contributed by atoms with Gasteiger partial charge in [0.15, 0.2) is 5.69 Å². The molecule has 0 bridgehead atoms. The van der Waals surface area contributed by atoms with Crippen molar-refractivity contribution in [3.63, 3.8) is 0 Å². The van der Waals surface area contributed by atoms with E-state index < -0.39 is 52.8 Å². The van der Waals surface area contributed by atoms with E-state index in [4.69, 9.17) is 5.73 Å². The minimum Gasteiger partial charge on any atom is -0.351 e. The number of aromatic nitrogens is 5. The monoisotopic (exact) mass is 526 g/mol. The molecular formula is C20H12F6N8O3. The summed E-state index contributed by atoms with van der Waals surface area (Å²) in [6.45, 7) is 0. The van der Waals surface area contributed by atoms with Crippen LogP contribution in [0.1, 0.15) is 32.2 Å². The van der Waals surface area contributed by atoms with Gasteiger partial charge < -0.3 is 11.1 Å². The minimum atomic E-state index is -5.16. The third kappa shape index (κ3) is 4.91. The number of urea groups is 1. The third-order valence-electron chi connectivity index (χ3n) is 4.82. The summed E-state index contributed by atoms with van der Waals surface area (Å²) in [5.74, 6) is -2.38. The van der Waals surface area contributed by atoms with E-state index in [1.54, 1.807) is 5.32 Å². The number of anilines is 1. The lowest BCUT2D eigenvalue weighted by Crippen LogP contribution is -2.36. The zero-order valence-corrected chi connectivity index (χ0v) is 17.9. The van der Waals surface area contributed by atoms with Crippen LogP contribution in [0.25, 0.3) is 11.2 Å². The first-order valence-electron chi connectivity index (χ1n) is 9.85. The minimum absolute atomic E-state index is 0.0679. The molecule has 0 atom stereocenters. The molecule has 0 saturated heterocycles. The molecule has 11 nitrogen and oxygen atoms in total. The zero-order chi connectivity index (χ0) is 27.1. The number of pyridine rings is 2. The van der Waals surface area contributed by atoms with Gasteiger partial charge in [0, 0.05) is 11.9 Å². The number of nitrogens with two attached hydrogens (primary N) is 1. The number of nitrogens with zero attached hydrogens (tertiary/aromatic N) is 5. The largest absolute Gasteiger partial charge is 0.434 e. The van der Waals surface area contributed by atoms with Crippen LogP contribution < -0.4 is 16.4 Å². The van der Waals surface area contributed by atoms with Gasteiger partial charge in [0.2, 0.25) is 0 Å². The molecule has 0 saturated carbocycles. The predicted molar refractivity (Wildman–Crippen MR) is 112 cm³/mol. The Labute approximate surface area is 200 Å². The molecule has 0 unspecified atom stereocenters. The molecule has 0 aromatic carbocycles. The van der Waals surface area contributed by atoms with Gasteiger partial charge in [-0.1, -0.05) is 0 Å². The Hall–Kier alpha value is -4.96. The maximum atomic E-state index is 14.1. The molecule has 37 heavy (non-hydrogen) atoms. The molecule has 0 radical (unpaired) electrons. The van der Waals surface area contributed by atoms with Crippen LogP contribution in [-0.2, 0) is 12.4 Å². The number of imide groups is 1. The van der Waals surface area contributed by atoms with E-state index in [1.807, 2.05) is 5.32 Å². The average molecular weight is 526 g/mol. The topological polar surface area (TPSA) is 149 Å². The maximum absolute atomic E-state index is 14.1. The molecule has 0 aliphatic heterocycles. The summed E-state index contributed by atoms with van der Waals surface area (Å²) in [5.41, 5.74) is -0.0134. The van der Waals surface area contributed by atoms with Gasteiger partial charge in [0.25, 0.3) is 11.8 Å². The first kappa shape index (κ1) is 25.1. The second-order valence-electron chi connectivity index (χ2n) is 7.25. The van der Waals surface area contributed by atoms with E-state index in [-0.39, 0.29) is 16.9 Å². The van der Waals surface area contributed by atoms with E-state index >= 15 is 0 Å². The Morgan fingerprint density at radius 2 is 1.62 bits per heavy atom. The number of carbonyl (C=O) groups is 3. The second-order valence-corrected chi connectivity index (χ2v) is 7.25. The summed E-state index contributed by atoms with van der Waals surface area (Å²) >= 11 is 0. The van der Waals surface area contributed by atoms with E-state index in [9.17, 15) is 40.7 Å². The summed E-state index contributed by atoms with van der Waals surface area (Å²) in [6.07, 6.45) is -7.52. The van der Waals surface area contributed by atoms with E-state index in [1.165, 1.54) is 6.07 Å². The van der Waals surface area contributed by atoms with Gasteiger partial charge >= 0.3 is 18.4 Å². The number of fused-ring (bicyclic) bond motifs is 1. The zero-order valence-electron chi connectivity index (χ0n) is 17.9. The SMILES string of the molecule is NC(=O)NC(=O)c1ccc(-n2ncc(C(=O)Nc3ccnc(C(F)(F)F)c3)c2C(F)(F)F)c2ccnn12. The highest BCUT2D eigenvalue weighted by molar-refractivity contribution is 6.05. The van der Waals surface area contributed by atoms with Crippen LogP contribution in [-0.4, -0.2) is 42.2 Å². The lowest BCUT2D eigenvalue weighted by atomic mass is 10.2. The maximum Gasteiger partial charge on any atom is 0.434 e. The van der Waals surface area contributed by atoms with E-state index in [0.717, 1.165) is 35.1 Å². The Morgan fingerprint density at radius 1 is 0.892 bits per heavy atom. The third-order valence-corrected chi connectivity index (χ3v) is 4.82. The van der Waals surface area contributed by atoms with Crippen LogP contribution in [0, 0.1) is 0 Å². The van der Waals surface area contributed by atoms with Crippen molar-refractivity contribution in [3.05, 3.63) is 71.6 Å². The molecule has 0 aliphatic rings. The fraction of sp³-hybridized carbons (Fsp3) is 0.100. The highest BCUT2D eigenvalue weighted by Gasteiger charge is 2.41. The van der Waals surface area contributed by atoms with E-state index in [2.05, 4.69) is 15.2 Å². The summed E-state index contributed by atoms with van der Waals surface area (Å²) in [7, 11) is 0. The van der Waals surface area contributed by atoms with Gasteiger partial charge in [0.1, 0.15) is 11.4 Å². The van der Waals surface area contributed by atoms with Crippen molar-refractivity contribution in [2.24, 2.45) is 5.73 Å². The molecule has 0 fully saturated rings. The van der Waals surface area contributed by atoms with Crippen molar-refractivity contribution < 1.29 is 40.7 Å². The van der Waals surface area contributed by atoms with Crippen molar-refractivity contribution >= 4 is 29.0 Å². The lowest BCUT2D eigenvalue weighted by molar-refractivity contribution is -0.143. The first-order valence-corrected chi connectivity index (χ1v) is 9.85. The van der Waals surface area contributed by atoms with Crippen LogP contribution in [0.4, 0.5) is 36.8 Å². The smallest absolute Gasteiger partial charge is 0.351 e. The van der Waals surface area contributed by atoms with Crippen LogP contribution in [0.5, 0.6) is 0 Å². The van der Waals surface area contributed by atoms with E-state index in [0.29, 0.717) is 16.9 Å². The average Bonchev–Trinajstić information content (AvgIpc) is 3.45. The Balaban J connectivity index is 1.78. The fourth-order valence-corrected chi connectivity index (χ4v) is 3.36. The summed E-state index contributed by atoms with van der Waals surface area (Å²) in [5, 5.41) is 11.3. The quantitative estimate of drug-likeness (QED) is 0.348. The number of rotatable bonds is 4. The highest BCUT2D eigenvalue weighted by Crippen LogP contribution is 2.35. The van der Waals surface area contributed by atoms with Gasteiger partial charge in [-0.15, -0.1) is 0 Å². The predicted octanol–water partition coefficient (Wildman–Crippen LogP) is 3.01. The fourth-order valence-electron chi connectivity index (χ4n) is 3.36. The molecule has 4 heterocycles. The molecule has 4 amide bonds. The molecule has 17 heteroatoms. The van der Waals surface area contributed by atoms with Crippen LogP contribution in [0.3, 0.4) is 0 Å². The number of amides is 4. The molecular weight excluding hydrogens is 514 g/mol. The second kappa shape index (κ2) is 8.92. The highest BCUT2D eigenvalue weighted by atomic mass is 19.4. The number of alkyl halides is 6. The Morgan fingerprint density at radius 3 is 2.27 bits per heavy atom. The number of hydrogen-bond donors (Lipinski definition) is 3. The van der Waals surface area contributed by atoms with Gasteiger partial charge in [-0.3, -0.25) is 19.9 Å². The van der Waals surface area contributed by atoms with Crippen LogP contribution in [0.15, 0.2) is 48.9 Å². The normalized spacial score (nSPS) is 11.9. The lowest BCUT2D eigenvalue weighted by Gasteiger charge is -2.15. The van der Waals surface area contributed by atoms with Crippen molar-refractivity contribution in [3.8, 4) is 5.69 Å². The van der Waals surface area contributed by atoms with Gasteiger partial charge in [-0.05, 0) is 30.3 Å². The molecule has 4 aromatic heterocycles. The van der Waals surface area contributed by atoms with Gasteiger partial charge in [-0.25, -0.2) is 14.0 Å². The molecule has 4 N–H and O–H groups in total. The standard InChI is InChI=1S/C20H12F6N8O3/c21-19(22,23)14-7-9(3-5-28-14)31-16(35)10-8-30-34(15(10)20(24,25)26)11-1-2-13(17(36)32-18(27)37)33-12(11)4-6-29-33/h1-8H,(H,28,31,35)(H3,27,32,36,37). The molecule has 4 rings (SSSR count). The Bertz CT molecular complexity index is 1540. The number of halogens is 6. The summed E-state index contributed by atoms with van der Waals surface area (Å²) in [4.78, 5) is 39.0.